The van der Waals surface area contributed by atoms with Gasteiger partial charge in [0.05, 0.1) is 5.02 Å². The molecule has 2 N–H and O–H groups in total. The summed E-state index contributed by atoms with van der Waals surface area (Å²) in [6, 6.07) is 3.86. The van der Waals surface area contributed by atoms with E-state index in [2.05, 4.69) is 15.6 Å². The van der Waals surface area contributed by atoms with Gasteiger partial charge in [-0.2, -0.15) is 0 Å². The quantitative estimate of drug-likeness (QED) is 0.432. The van der Waals surface area contributed by atoms with E-state index in [4.69, 9.17) is 21.1 Å². The third-order valence-corrected chi connectivity index (χ3v) is 3.88. The second-order valence-electron chi connectivity index (χ2n) is 5.35. The number of halogens is 2. The number of rotatable bonds is 4. The van der Waals surface area contributed by atoms with Crippen LogP contribution in [-0.2, 0) is 6.54 Å². The molecule has 1 heterocycles. The summed E-state index contributed by atoms with van der Waals surface area (Å²) in [6.07, 6.45) is 2.64. The Labute approximate surface area is 152 Å². The van der Waals surface area contributed by atoms with Crippen LogP contribution in [-0.4, -0.2) is 32.8 Å². The Morgan fingerprint density at radius 3 is 2.77 bits per heavy atom. The number of hydrogen-bond donors (Lipinski definition) is 2. The maximum absolute atomic E-state index is 6.23. The fourth-order valence-electron chi connectivity index (χ4n) is 2.24. The van der Waals surface area contributed by atoms with Gasteiger partial charge in [-0.25, -0.2) is 0 Å². The van der Waals surface area contributed by atoms with Crippen molar-refractivity contribution in [2.75, 3.05) is 26.8 Å². The van der Waals surface area contributed by atoms with E-state index in [9.17, 15) is 0 Å². The lowest BCUT2D eigenvalue weighted by molar-refractivity contribution is 0.171. The third kappa shape index (κ3) is 4.55. The van der Waals surface area contributed by atoms with Crippen LogP contribution >= 0.6 is 35.6 Å². The van der Waals surface area contributed by atoms with Gasteiger partial charge in [0.25, 0.3) is 0 Å². The van der Waals surface area contributed by atoms with Gasteiger partial charge in [-0.1, -0.05) is 11.6 Å². The first-order valence-corrected chi connectivity index (χ1v) is 7.66. The van der Waals surface area contributed by atoms with Crippen LogP contribution in [0.3, 0.4) is 0 Å². The normalized spacial score (nSPS) is 16.7. The van der Waals surface area contributed by atoms with Gasteiger partial charge in [0.15, 0.2) is 17.5 Å². The minimum Gasteiger partial charge on any atom is -0.486 e. The summed E-state index contributed by atoms with van der Waals surface area (Å²) in [5.41, 5.74) is 1.04. The second kappa shape index (κ2) is 8.10. The average Bonchev–Trinajstić information content (AvgIpc) is 3.32. The van der Waals surface area contributed by atoms with E-state index in [0.29, 0.717) is 36.3 Å². The second-order valence-corrected chi connectivity index (χ2v) is 5.76. The van der Waals surface area contributed by atoms with Crippen molar-refractivity contribution in [2.24, 2.45) is 10.9 Å². The van der Waals surface area contributed by atoms with Crippen LogP contribution in [0.4, 0.5) is 0 Å². The number of nitrogens with one attached hydrogen (secondary N) is 2. The number of fused-ring (bicyclic) bond motifs is 1. The number of hydrogen-bond acceptors (Lipinski definition) is 3. The molecule has 1 saturated carbocycles. The summed E-state index contributed by atoms with van der Waals surface area (Å²) >= 11 is 6.23. The van der Waals surface area contributed by atoms with Crippen molar-refractivity contribution in [3.05, 3.63) is 22.7 Å². The Bertz CT molecular complexity index is 550. The van der Waals surface area contributed by atoms with E-state index in [1.807, 2.05) is 12.1 Å². The zero-order valence-electron chi connectivity index (χ0n) is 12.5. The summed E-state index contributed by atoms with van der Waals surface area (Å²) in [5.74, 6) is 2.98. The molecule has 2 aliphatic rings. The molecule has 1 aromatic carbocycles. The highest BCUT2D eigenvalue weighted by Crippen LogP contribution is 2.38. The van der Waals surface area contributed by atoms with Crippen molar-refractivity contribution in [1.82, 2.24) is 10.6 Å². The summed E-state index contributed by atoms with van der Waals surface area (Å²) < 4.78 is 11.1. The van der Waals surface area contributed by atoms with Gasteiger partial charge >= 0.3 is 0 Å². The molecule has 1 aromatic rings. The lowest BCUT2D eigenvalue weighted by Crippen LogP contribution is -2.37. The molecule has 5 nitrogen and oxygen atoms in total. The highest BCUT2D eigenvalue weighted by atomic mass is 127. The maximum atomic E-state index is 6.23. The Morgan fingerprint density at radius 1 is 1.27 bits per heavy atom. The first kappa shape index (κ1) is 17.5. The average molecular weight is 438 g/mol. The fraction of sp³-hybridized carbons (Fsp3) is 0.533. The minimum atomic E-state index is 0. The number of ether oxygens (including phenoxy) is 2. The standard InChI is InChI=1S/C15H20ClN3O2.HI/c1-17-15(18-8-10-2-3-10)19-9-11-6-12(16)14-13(7-11)20-4-5-21-14;/h6-7,10H,2-5,8-9H2,1H3,(H2,17,18,19);1H. The zero-order valence-corrected chi connectivity index (χ0v) is 15.6. The maximum Gasteiger partial charge on any atom is 0.191 e. The molecule has 0 unspecified atom stereocenters. The van der Waals surface area contributed by atoms with Gasteiger partial charge in [-0.3, -0.25) is 4.99 Å². The van der Waals surface area contributed by atoms with E-state index >= 15 is 0 Å². The van der Waals surface area contributed by atoms with E-state index in [-0.39, 0.29) is 24.0 Å². The molecule has 0 saturated heterocycles. The van der Waals surface area contributed by atoms with Gasteiger partial charge in [-0.15, -0.1) is 24.0 Å². The van der Waals surface area contributed by atoms with Crippen molar-refractivity contribution in [3.63, 3.8) is 0 Å². The first-order chi connectivity index (χ1) is 10.3. The molecule has 0 amide bonds. The number of benzene rings is 1. The molecule has 7 heteroatoms. The largest absolute Gasteiger partial charge is 0.486 e. The van der Waals surface area contributed by atoms with Gasteiger partial charge < -0.3 is 20.1 Å². The van der Waals surface area contributed by atoms with Crippen LogP contribution in [0.15, 0.2) is 17.1 Å². The molecule has 0 spiro atoms. The summed E-state index contributed by atoms with van der Waals surface area (Å²) in [7, 11) is 1.78. The van der Waals surface area contributed by atoms with Crippen molar-refractivity contribution >= 4 is 41.5 Å². The molecule has 0 atom stereocenters. The van der Waals surface area contributed by atoms with E-state index in [0.717, 1.165) is 24.0 Å². The van der Waals surface area contributed by atoms with Crippen LogP contribution in [0.1, 0.15) is 18.4 Å². The Kier molecular flexibility index (Phi) is 6.43. The van der Waals surface area contributed by atoms with E-state index in [1.54, 1.807) is 7.05 Å². The van der Waals surface area contributed by atoms with Gasteiger partial charge in [0.2, 0.25) is 0 Å². The van der Waals surface area contributed by atoms with Crippen LogP contribution in [0.5, 0.6) is 11.5 Å². The topological polar surface area (TPSA) is 54.9 Å². The molecule has 0 bridgehead atoms. The predicted octanol–water partition coefficient (Wildman–Crippen LogP) is 2.80. The van der Waals surface area contributed by atoms with Crippen molar-refractivity contribution in [3.8, 4) is 11.5 Å². The summed E-state index contributed by atoms with van der Waals surface area (Å²) in [5, 5.41) is 7.20. The van der Waals surface area contributed by atoms with Crippen molar-refractivity contribution in [2.45, 2.75) is 19.4 Å². The highest BCUT2D eigenvalue weighted by molar-refractivity contribution is 14.0. The van der Waals surface area contributed by atoms with Crippen LogP contribution in [0.2, 0.25) is 5.02 Å². The first-order valence-electron chi connectivity index (χ1n) is 7.29. The van der Waals surface area contributed by atoms with Crippen molar-refractivity contribution in [1.29, 1.82) is 0 Å². The Hall–Kier alpha value is -0.890. The summed E-state index contributed by atoms with van der Waals surface area (Å²) in [6.45, 7) is 2.73. The van der Waals surface area contributed by atoms with Gasteiger partial charge in [-0.05, 0) is 36.5 Å². The predicted molar refractivity (Wildman–Crippen MR) is 98.8 cm³/mol. The molecule has 1 aliphatic heterocycles. The lowest BCUT2D eigenvalue weighted by atomic mass is 10.2. The monoisotopic (exact) mass is 437 g/mol. The molecule has 1 fully saturated rings. The van der Waals surface area contributed by atoms with Crippen LogP contribution in [0, 0.1) is 5.92 Å². The molecule has 0 aromatic heterocycles. The van der Waals surface area contributed by atoms with Gasteiger partial charge in [0, 0.05) is 20.1 Å². The molecule has 1 aliphatic carbocycles. The van der Waals surface area contributed by atoms with Crippen molar-refractivity contribution < 1.29 is 9.47 Å². The Morgan fingerprint density at radius 2 is 2.05 bits per heavy atom. The SMILES string of the molecule is CN=C(NCc1cc(Cl)c2c(c1)OCCO2)NCC1CC1.I. The highest BCUT2D eigenvalue weighted by Gasteiger charge is 2.21. The van der Waals surface area contributed by atoms with E-state index in [1.165, 1.54) is 12.8 Å². The van der Waals surface area contributed by atoms with E-state index < -0.39 is 0 Å². The number of nitrogens with zero attached hydrogens (tertiary/aromatic N) is 1. The fourth-order valence-corrected chi connectivity index (χ4v) is 2.52. The third-order valence-electron chi connectivity index (χ3n) is 3.60. The van der Waals surface area contributed by atoms with Crippen LogP contribution < -0.4 is 20.1 Å². The Balaban J connectivity index is 0.00000176. The molecular formula is C15H21ClIN3O2. The molecule has 3 rings (SSSR count). The molecular weight excluding hydrogens is 417 g/mol. The van der Waals surface area contributed by atoms with Crippen LogP contribution in [0.25, 0.3) is 0 Å². The number of aliphatic imine (C=N–C) groups is 1. The lowest BCUT2D eigenvalue weighted by Gasteiger charge is -2.20. The molecule has 0 radical (unpaired) electrons. The molecule has 22 heavy (non-hydrogen) atoms. The zero-order chi connectivity index (χ0) is 14.7. The smallest absolute Gasteiger partial charge is 0.191 e. The summed E-state index contributed by atoms with van der Waals surface area (Å²) in [4.78, 5) is 4.22. The minimum absolute atomic E-state index is 0. The number of guanidine groups is 1. The van der Waals surface area contributed by atoms with Gasteiger partial charge in [0.1, 0.15) is 13.2 Å². The molecule has 122 valence electrons.